The van der Waals surface area contributed by atoms with Crippen LogP contribution in [0.25, 0.3) is 0 Å². The van der Waals surface area contributed by atoms with E-state index in [1.165, 1.54) is 0 Å². The van der Waals surface area contributed by atoms with Gasteiger partial charge in [-0.05, 0) is 56.1 Å². The number of ketones is 1. The standard InChI is InChI=1S/C16H24N2O/c1-10(2)12-4-6-13(7-5-12)15(19)14-8-11(3)9-18-16(14)17/h8-10,12-13H,4-7H2,1-3H3,(H2,17,18). The van der Waals surface area contributed by atoms with Gasteiger partial charge in [-0.25, -0.2) is 4.98 Å². The molecule has 0 saturated heterocycles. The van der Waals surface area contributed by atoms with Crippen LogP contribution in [0.4, 0.5) is 5.82 Å². The van der Waals surface area contributed by atoms with E-state index >= 15 is 0 Å². The number of aryl methyl sites for hydroxylation is 1. The van der Waals surface area contributed by atoms with Gasteiger partial charge < -0.3 is 5.73 Å². The third-order valence-corrected chi connectivity index (χ3v) is 4.41. The fraction of sp³-hybridized carbons (Fsp3) is 0.625. The fourth-order valence-corrected chi connectivity index (χ4v) is 3.05. The van der Waals surface area contributed by atoms with Gasteiger partial charge in [0.1, 0.15) is 5.82 Å². The molecule has 2 rings (SSSR count). The first-order chi connectivity index (χ1) is 8.99. The monoisotopic (exact) mass is 260 g/mol. The van der Waals surface area contributed by atoms with Crippen LogP contribution in [0.15, 0.2) is 12.3 Å². The summed E-state index contributed by atoms with van der Waals surface area (Å²) >= 11 is 0. The summed E-state index contributed by atoms with van der Waals surface area (Å²) in [5.74, 6) is 2.21. The van der Waals surface area contributed by atoms with E-state index in [2.05, 4.69) is 18.8 Å². The van der Waals surface area contributed by atoms with Gasteiger partial charge in [0.2, 0.25) is 0 Å². The fourth-order valence-electron chi connectivity index (χ4n) is 3.05. The minimum Gasteiger partial charge on any atom is -0.383 e. The zero-order valence-electron chi connectivity index (χ0n) is 12.1. The quantitative estimate of drug-likeness (QED) is 0.844. The summed E-state index contributed by atoms with van der Waals surface area (Å²) in [5.41, 5.74) is 7.45. The second kappa shape index (κ2) is 5.72. The molecular weight excluding hydrogens is 236 g/mol. The van der Waals surface area contributed by atoms with Crippen LogP contribution in [0.1, 0.15) is 55.5 Å². The lowest BCUT2D eigenvalue weighted by Crippen LogP contribution is -2.25. The van der Waals surface area contributed by atoms with Gasteiger partial charge in [0, 0.05) is 12.1 Å². The first-order valence-electron chi connectivity index (χ1n) is 7.25. The Hall–Kier alpha value is -1.38. The Kier molecular flexibility index (Phi) is 4.23. The normalized spacial score (nSPS) is 23.6. The number of Topliss-reactive ketones (excluding diaryl/α,β-unsaturated/α-hetero) is 1. The molecule has 0 amide bonds. The highest BCUT2D eigenvalue weighted by molar-refractivity contribution is 6.01. The Morgan fingerprint density at radius 2 is 1.95 bits per heavy atom. The number of nitrogens with zero attached hydrogens (tertiary/aromatic N) is 1. The zero-order chi connectivity index (χ0) is 14.0. The number of anilines is 1. The molecule has 3 nitrogen and oxygen atoms in total. The Morgan fingerprint density at radius 1 is 1.32 bits per heavy atom. The highest BCUT2D eigenvalue weighted by atomic mass is 16.1. The summed E-state index contributed by atoms with van der Waals surface area (Å²) in [6.45, 7) is 6.49. The lowest BCUT2D eigenvalue weighted by Gasteiger charge is -2.30. The smallest absolute Gasteiger partial charge is 0.169 e. The molecule has 0 spiro atoms. The minimum atomic E-state index is 0.140. The number of aromatic nitrogens is 1. The summed E-state index contributed by atoms with van der Waals surface area (Å²) < 4.78 is 0. The molecule has 0 atom stereocenters. The van der Waals surface area contributed by atoms with Crippen LogP contribution < -0.4 is 5.73 Å². The number of pyridine rings is 1. The van der Waals surface area contributed by atoms with Gasteiger partial charge in [0.05, 0.1) is 5.56 Å². The van der Waals surface area contributed by atoms with Gasteiger partial charge in [-0.2, -0.15) is 0 Å². The van der Waals surface area contributed by atoms with E-state index in [1.54, 1.807) is 6.20 Å². The molecule has 19 heavy (non-hydrogen) atoms. The maximum absolute atomic E-state index is 12.5. The van der Waals surface area contributed by atoms with Crippen molar-refractivity contribution in [2.24, 2.45) is 17.8 Å². The third kappa shape index (κ3) is 3.14. The van der Waals surface area contributed by atoms with E-state index in [9.17, 15) is 4.79 Å². The van der Waals surface area contributed by atoms with Crippen molar-refractivity contribution in [1.82, 2.24) is 4.98 Å². The van der Waals surface area contributed by atoms with Crippen molar-refractivity contribution in [3.8, 4) is 0 Å². The van der Waals surface area contributed by atoms with Crippen molar-refractivity contribution in [3.05, 3.63) is 23.4 Å². The molecule has 0 aromatic carbocycles. The van der Waals surface area contributed by atoms with E-state index in [-0.39, 0.29) is 11.7 Å². The van der Waals surface area contributed by atoms with Gasteiger partial charge >= 0.3 is 0 Å². The molecule has 1 fully saturated rings. The predicted octanol–water partition coefficient (Wildman–Crippen LogP) is 3.62. The van der Waals surface area contributed by atoms with Crippen LogP contribution in [0.3, 0.4) is 0 Å². The molecule has 1 aromatic rings. The highest BCUT2D eigenvalue weighted by Crippen LogP contribution is 2.35. The summed E-state index contributed by atoms with van der Waals surface area (Å²) in [7, 11) is 0. The number of carbonyl (C=O) groups excluding carboxylic acids is 1. The summed E-state index contributed by atoms with van der Waals surface area (Å²) in [6, 6.07) is 1.87. The molecular formula is C16H24N2O. The Bertz CT molecular complexity index is 460. The van der Waals surface area contributed by atoms with Crippen LogP contribution in [0.5, 0.6) is 0 Å². The summed E-state index contributed by atoms with van der Waals surface area (Å²) in [6.07, 6.45) is 6.02. The maximum atomic E-state index is 12.5. The van der Waals surface area contributed by atoms with Crippen molar-refractivity contribution >= 4 is 11.6 Å². The molecule has 0 bridgehead atoms. The number of hydrogen-bond donors (Lipinski definition) is 1. The molecule has 1 aliphatic rings. The predicted molar refractivity (Wildman–Crippen MR) is 78.0 cm³/mol. The van der Waals surface area contributed by atoms with Gasteiger partial charge in [-0.3, -0.25) is 4.79 Å². The average Bonchev–Trinajstić information content (AvgIpc) is 2.41. The first kappa shape index (κ1) is 14.0. The van der Waals surface area contributed by atoms with Crippen LogP contribution in [0.2, 0.25) is 0 Å². The third-order valence-electron chi connectivity index (χ3n) is 4.41. The lowest BCUT2D eigenvalue weighted by molar-refractivity contribution is 0.0859. The number of carbonyl (C=O) groups is 1. The van der Waals surface area contributed by atoms with E-state index < -0.39 is 0 Å². The first-order valence-corrected chi connectivity index (χ1v) is 7.25. The molecule has 104 valence electrons. The second-order valence-electron chi connectivity index (χ2n) is 6.17. The largest absolute Gasteiger partial charge is 0.383 e. The van der Waals surface area contributed by atoms with Crippen LogP contribution in [-0.2, 0) is 0 Å². The van der Waals surface area contributed by atoms with Gasteiger partial charge in [-0.1, -0.05) is 13.8 Å². The zero-order valence-corrected chi connectivity index (χ0v) is 12.1. The number of nitrogens with two attached hydrogens (primary N) is 1. The maximum Gasteiger partial charge on any atom is 0.169 e. The van der Waals surface area contributed by atoms with Crippen LogP contribution >= 0.6 is 0 Å². The Morgan fingerprint density at radius 3 is 2.53 bits per heavy atom. The van der Waals surface area contributed by atoms with Crippen molar-refractivity contribution in [2.45, 2.75) is 46.5 Å². The van der Waals surface area contributed by atoms with Gasteiger partial charge in [0.15, 0.2) is 5.78 Å². The Balaban J connectivity index is 2.07. The molecule has 0 radical (unpaired) electrons. The average molecular weight is 260 g/mol. The number of rotatable bonds is 3. The van der Waals surface area contributed by atoms with Crippen molar-refractivity contribution < 1.29 is 4.79 Å². The topological polar surface area (TPSA) is 56.0 Å². The Labute approximate surface area is 115 Å². The van der Waals surface area contributed by atoms with Gasteiger partial charge in [0.25, 0.3) is 0 Å². The molecule has 1 aromatic heterocycles. The van der Waals surface area contributed by atoms with E-state index in [0.717, 1.165) is 43.1 Å². The molecule has 0 aliphatic heterocycles. The van der Waals surface area contributed by atoms with Crippen LogP contribution in [0, 0.1) is 24.7 Å². The molecule has 1 aliphatic carbocycles. The van der Waals surface area contributed by atoms with Crippen LogP contribution in [-0.4, -0.2) is 10.8 Å². The van der Waals surface area contributed by atoms with Gasteiger partial charge in [-0.15, -0.1) is 0 Å². The molecule has 3 heteroatoms. The van der Waals surface area contributed by atoms with E-state index in [0.29, 0.717) is 11.4 Å². The molecule has 1 heterocycles. The van der Waals surface area contributed by atoms with Crippen molar-refractivity contribution in [3.63, 3.8) is 0 Å². The number of hydrogen-bond acceptors (Lipinski definition) is 3. The number of nitrogen functional groups attached to an aromatic ring is 1. The second-order valence-corrected chi connectivity index (χ2v) is 6.17. The SMILES string of the molecule is Cc1cnc(N)c(C(=O)C2CCC(C(C)C)CC2)c1. The lowest BCUT2D eigenvalue weighted by atomic mass is 9.75. The highest BCUT2D eigenvalue weighted by Gasteiger charge is 2.29. The van der Waals surface area contributed by atoms with E-state index in [4.69, 9.17) is 5.73 Å². The van der Waals surface area contributed by atoms with Crippen molar-refractivity contribution in [1.29, 1.82) is 0 Å². The molecule has 2 N–H and O–H groups in total. The summed E-state index contributed by atoms with van der Waals surface area (Å²) in [5, 5.41) is 0. The summed E-state index contributed by atoms with van der Waals surface area (Å²) in [4.78, 5) is 16.6. The van der Waals surface area contributed by atoms with Crippen molar-refractivity contribution in [2.75, 3.05) is 5.73 Å². The molecule has 1 saturated carbocycles. The minimum absolute atomic E-state index is 0.140. The molecule has 0 unspecified atom stereocenters. The van der Waals surface area contributed by atoms with E-state index in [1.807, 2.05) is 13.0 Å².